The average molecular weight is 269 g/mol. The monoisotopic (exact) mass is 269 g/mol. The van der Waals surface area contributed by atoms with Crippen molar-refractivity contribution in [3.05, 3.63) is 42.5 Å². The van der Waals surface area contributed by atoms with E-state index in [0.29, 0.717) is 0 Å². The second-order valence-electron chi connectivity index (χ2n) is 5.12. The number of piperidine rings is 1. The maximum atomic E-state index is 4.43. The van der Waals surface area contributed by atoms with Crippen molar-refractivity contribution in [1.29, 1.82) is 0 Å². The van der Waals surface area contributed by atoms with Gasteiger partial charge in [-0.2, -0.15) is 5.10 Å². The largest absolute Gasteiger partial charge is 0.372 e. The number of aromatic nitrogens is 3. The Bertz CT molecular complexity index is 565. The van der Waals surface area contributed by atoms with E-state index in [-0.39, 0.29) is 0 Å². The van der Waals surface area contributed by atoms with E-state index < -0.39 is 0 Å². The molecule has 20 heavy (non-hydrogen) atoms. The van der Waals surface area contributed by atoms with E-state index >= 15 is 0 Å². The van der Waals surface area contributed by atoms with Gasteiger partial charge in [-0.15, -0.1) is 10.2 Å². The van der Waals surface area contributed by atoms with E-state index in [1.54, 1.807) is 17.3 Å². The van der Waals surface area contributed by atoms with Gasteiger partial charge in [0.2, 0.25) is 0 Å². The lowest BCUT2D eigenvalue weighted by Gasteiger charge is -2.28. The fourth-order valence-corrected chi connectivity index (χ4v) is 2.54. The van der Waals surface area contributed by atoms with E-state index in [4.69, 9.17) is 0 Å². The molecule has 104 valence electrons. The maximum absolute atomic E-state index is 4.43. The molecule has 1 aromatic carbocycles. The van der Waals surface area contributed by atoms with Crippen molar-refractivity contribution in [3.8, 4) is 0 Å². The molecule has 0 atom stereocenters. The molecule has 1 fully saturated rings. The summed E-state index contributed by atoms with van der Waals surface area (Å²) >= 11 is 0. The summed E-state index contributed by atoms with van der Waals surface area (Å²) in [4.78, 5) is 2.46. The second-order valence-corrected chi connectivity index (χ2v) is 5.12. The molecular formula is C15H19N5. The summed E-state index contributed by atoms with van der Waals surface area (Å²) in [5, 5.41) is 11.9. The van der Waals surface area contributed by atoms with Crippen LogP contribution in [0.4, 0.5) is 5.69 Å². The lowest BCUT2D eigenvalue weighted by molar-refractivity contribution is 0.578. The topological polar surface area (TPSA) is 46.3 Å². The number of benzene rings is 1. The third-order valence-corrected chi connectivity index (χ3v) is 3.68. The van der Waals surface area contributed by atoms with Gasteiger partial charge in [-0.25, -0.2) is 4.68 Å². The van der Waals surface area contributed by atoms with Gasteiger partial charge in [-0.05, 0) is 43.9 Å². The zero-order valence-electron chi connectivity index (χ0n) is 11.7. The van der Waals surface area contributed by atoms with Crippen molar-refractivity contribution >= 4 is 11.4 Å². The Kier molecular flexibility index (Phi) is 3.76. The molecule has 2 aromatic rings. The Labute approximate surface area is 118 Å². The van der Waals surface area contributed by atoms with Gasteiger partial charge in [0, 0.05) is 18.8 Å². The normalized spacial score (nSPS) is 16.4. The van der Waals surface area contributed by atoms with Crippen molar-refractivity contribution in [3.63, 3.8) is 0 Å². The first kappa shape index (κ1) is 12.8. The highest BCUT2D eigenvalue weighted by Gasteiger charge is 2.10. The van der Waals surface area contributed by atoms with Crippen LogP contribution in [0.2, 0.25) is 0 Å². The Balaban J connectivity index is 1.75. The van der Waals surface area contributed by atoms with E-state index in [0.717, 1.165) is 11.3 Å². The van der Waals surface area contributed by atoms with E-state index in [2.05, 4.69) is 44.5 Å². The summed E-state index contributed by atoms with van der Waals surface area (Å²) < 4.78 is 1.62. The maximum Gasteiger partial charge on any atom is 0.141 e. The smallest absolute Gasteiger partial charge is 0.141 e. The standard InChI is InChI=1S/C15H19N5/c1-13(18-20-11-16-17-12-20)14-5-7-15(8-6-14)19-9-3-2-4-10-19/h5-8,11-12H,2-4,9-10H2,1H3/b18-13+. The van der Waals surface area contributed by atoms with Crippen molar-refractivity contribution in [2.45, 2.75) is 26.2 Å². The quantitative estimate of drug-likeness (QED) is 0.804. The highest BCUT2D eigenvalue weighted by atomic mass is 15.4. The van der Waals surface area contributed by atoms with Crippen molar-refractivity contribution in [1.82, 2.24) is 14.9 Å². The molecule has 0 unspecified atom stereocenters. The molecule has 1 saturated heterocycles. The van der Waals surface area contributed by atoms with Crippen LogP contribution >= 0.6 is 0 Å². The minimum atomic E-state index is 0.954. The van der Waals surface area contributed by atoms with Crippen LogP contribution in [0, 0.1) is 0 Å². The van der Waals surface area contributed by atoms with Crippen LogP contribution in [0.15, 0.2) is 42.0 Å². The third kappa shape index (κ3) is 2.87. The van der Waals surface area contributed by atoms with Crippen LogP contribution in [-0.4, -0.2) is 33.7 Å². The first-order valence-corrected chi connectivity index (χ1v) is 7.08. The predicted octanol–water partition coefficient (Wildman–Crippen LogP) is 2.54. The molecule has 1 aliphatic rings. The van der Waals surface area contributed by atoms with Gasteiger partial charge < -0.3 is 4.90 Å². The van der Waals surface area contributed by atoms with Crippen LogP contribution < -0.4 is 4.90 Å². The van der Waals surface area contributed by atoms with Crippen LogP contribution in [-0.2, 0) is 0 Å². The van der Waals surface area contributed by atoms with Crippen LogP contribution in [0.1, 0.15) is 31.7 Å². The van der Waals surface area contributed by atoms with Gasteiger partial charge in [0.05, 0.1) is 5.71 Å². The summed E-state index contributed by atoms with van der Waals surface area (Å²) in [6, 6.07) is 8.64. The lowest BCUT2D eigenvalue weighted by atomic mass is 10.1. The van der Waals surface area contributed by atoms with Gasteiger partial charge in [0.15, 0.2) is 0 Å². The molecule has 0 spiro atoms. The summed E-state index contributed by atoms with van der Waals surface area (Å²) in [7, 11) is 0. The van der Waals surface area contributed by atoms with Gasteiger partial charge >= 0.3 is 0 Å². The Morgan fingerprint density at radius 1 is 1.00 bits per heavy atom. The average Bonchev–Trinajstić information content (AvgIpc) is 3.01. The Hall–Kier alpha value is -2.17. The summed E-state index contributed by atoms with van der Waals surface area (Å²) in [6.45, 7) is 4.34. The fourth-order valence-electron chi connectivity index (χ4n) is 2.54. The van der Waals surface area contributed by atoms with E-state index in [1.165, 1.54) is 38.0 Å². The van der Waals surface area contributed by atoms with Crippen LogP contribution in [0.25, 0.3) is 0 Å². The molecule has 3 rings (SSSR count). The molecule has 1 aromatic heterocycles. The number of nitrogens with zero attached hydrogens (tertiary/aromatic N) is 5. The number of hydrogen-bond acceptors (Lipinski definition) is 4. The van der Waals surface area contributed by atoms with E-state index in [9.17, 15) is 0 Å². The Morgan fingerprint density at radius 2 is 1.65 bits per heavy atom. The van der Waals surface area contributed by atoms with Crippen LogP contribution in [0.3, 0.4) is 0 Å². The van der Waals surface area contributed by atoms with Gasteiger partial charge in [-0.1, -0.05) is 12.1 Å². The van der Waals surface area contributed by atoms with Crippen molar-refractivity contribution < 1.29 is 0 Å². The van der Waals surface area contributed by atoms with Gasteiger partial charge in [0.25, 0.3) is 0 Å². The molecule has 5 heteroatoms. The first-order chi connectivity index (χ1) is 9.83. The number of anilines is 1. The molecule has 0 N–H and O–H groups in total. The van der Waals surface area contributed by atoms with Gasteiger partial charge in [-0.3, -0.25) is 0 Å². The van der Waals surface area contributed by atoms with Crippen molar-refractivity contribution in [2.24, 2.45) is 5.10 Å². The number of rotatable bonds is 3. The fraction of sp³-hybridized carbons (Fsp3) is 0.400. The molecule has 0 saturated carbocycles. The molecule has 0 radical (unpaired) electrons. The second kappa shape index (κ2) is 5.86. The third-order valence-electron chi connectivity index (χ3n) is 3.68. The lowest BCUT2D eigenvalue weighted by Crippen LogP contribution is -2.29. The highest BCUT2D eigenvalue weighted by Crippen LogP contribution is 2.20. The zero-order valence-corrected chi connectivity index (χ0v) is 11.7. The first-order valence-electron chi connectivity index (χ1n) is 7.08. The SMILES string of the molecule is C/C(=N\n1cnnc1)c1ccc(N2CCCCC2)cc1. The minimum absolute atomic E-state index is 0.954. The van der Waals surface area contributed by atoms with Crippen LogP contribution in [0.5, 0.6) is 0 Å². The predicted molar refractivity (Wildman–Crippen MR) is 80.1 cm³/mol. The summed E-state index contributed by atoms with van der Waals surface area (Å²) in [6.07, 6.45) is 7.14. The van der Waals surface area contributed by atoms with Crippen molar-refractivity contribution in [2.75, 3.05) is 18.0 Å². The molecule has 2 heterocycles. The molecule has 0 bridgehead atoms. The molecule has 5 nitrogen and oxygen atoms in total. The summed E-state index contributed by atoms with van der Waals surface area (Å²) in [5.41, 5.74) is 3.39. The summed E-state index contributed by atoms with van der Waals surface area (Å²) in [5.74, 6) is 0. The molecule has 1 aliphatic heterocycles. The highest BCUT2D eigenvalue weighted by molar-refractivity contribution is 5.98. The zero-order chi connectivity index (χ0) is 13.8. The molecule has 0 amide bonds. The van der Waals surface area contributed by atoms with E-state index in [1.807, 2.05) is 6.92 Å². The van der Waals surface area contributed by atoms with Gasteiger partial charge in [0.1, 0.15) is 12.7 Å². The molecule has 0 aliphatic carbocycles. The minimum Gasteiger partial charge on any atom is -0.372 e. The molecular weight excluding hydrogens is 250 g/mol. The number of hydrogen-bond donors (Lipinski definition) is 0. The Morgan fingerprint density at radius 3 is 2.30 bits per heavy atom.